The van der Waals surface area contributed by atoms with Gasteiger partial charge in [0.2, 0.25) is 5.17 Å². The van der Waals surface area contributed by atoms with Crippen molar-refractivity contribution in [1.29, 1.82) is 0 Å². The predicted molar refractivity (Wildman–Crippen MR) is 64.1 cm³/mol. The van der Waals surface area contributed by atoms with Crippen LogP contribution in [-0.4, -0.2) is 17.6 Å². The zero-order chi connectivity index (χ0) is 11.3. The molecule has 1 aromatic carbocycles. The number of nitrogens with two attached hydrogens (primary N) is 1. The Hall–Kier alpha value is -1.07. The van der Waals surface area contributed by atoms with Crippen LogP contribution in [0.3, 0.4) is 0 Å². The molecule has 0 fully saturated rings. The number of benzene rings is 1. The first-order chi connectivity index (χ1) is 7.19. The summed E-state index contributed by atoms with van der Waals surface area (Å²) in [7, 11) is 0. The molecule has 2 N–H and O–H groups in total. The van der Waals surface area contributed by atoms with Crippen LogP contribution < -0.4 is 5.84 Å². The van der Waals surface area contributed by atoms with Crippen molar-refractivity contribution in [2.75, 3.05) is 6.26 Å². The summed E-state index contributed by atoms with van der Waals surface area (Å²) in [5.74, 6) is 4.62. The van der Waals surface area contributed by atoms with Crippen molar-refractivity contribution in [3.63, 3.8) is 0 Å². The second-order valence-electron chi connectivity index (χ2n) is 2.51. The molecule has 6 heteroatoms. The lowest BCUT2D eigenvalue weighted by Gasteiger charge is -1.98. The molecule has 0 radical (unpaired) electrons. The number of rotatable bonds is 1. The lowest BCUT2D eigenvalue weighted by Crippen LogP contribution is -1.95. The molecule has 1 aromatic rings. The highest BCUT2D eigenvalue weighted by Crippen LogP contribution is 2.16. The minimum Gasteiger partial charge on any atom is -0.321 e. The predicted octanol–water partition coefficient (Wildman–Crippen LogP) is 2.49. The number of hydrogen-bond acceptors (Lipinski definition) is 3. The molecule has 0 heterocycles. The van der Waals surface area contributed by atoms with Gasteiger partial charge in [0.1, 0.15) is 5.82 Å². The zero-order valence-electron chi connectivity index (χ0n) is 7.95. The molecule has 0 bridgehead atoms. The van der Waals surface area contributed by atoms with Crippen LogP contribution in [0.2, 0.25) is 5.02 Å². The monoisotopic (exact) mass is 245 g/mol. The Morgan fingerprint density at radius 1 is 1.60 bits per heavy atom. The van der Waals surface area contributed by atoms with Crippen molar-refractivity contribution in [2.45, 2.75) is 0 Å². The fraction of sp³-hybridized carbons (Fsp3) is 0.111. The van der Waals surface area contributed by atoms with Gasteiger partial charge in [0, 0.05) is 11.8 Å². The molecule has 0 spiro atoms. The van der Waals surface area contributed by atoms with Gasteiger partial charge in [0.25, 0.3) is 0 Å². The Bertz CT molecular complexity index is 386. The molecule has 1 rings (SSSR count). The van der Waals surface area contributed by atoms with E-state index in [4.69, 9.17) is 17.4 Å². The molecule has 0 saturated carbocycles. The topological polar surface area (TPSA) is 50.7 Å². The number of hydrogen-bond donors (Lipinski definition) is 1. The third kappa shape index (κ3) is 3.21. The molecular formula is C9H9ClFN3S. The third-order valence-corrected chi connectivity index (χ3v) is 2.50. The summed E-state index contributed by atoms with van der Waals surface area (Å²) in [6.07, 6.45) is 3.08. The fourth-order valence-electron chi connectivity index (χ4n) is 0.893. The molecule has 0 aliphatic rings. The first-order valence-corrected chi connectivity index (χ1v) is 5.59. The molecule has 0 aliphatic carbocycles. The maximum Gasteiger partial charge on any atom is 0.205 e. The minimum atomic E-state index is -0.427. The highest BCUT2D eigenvalue weighted by Gasteiger charge is 2.03. The normalized spacial score (nSPS) is 12.3. The smallest absolute Gasteiger partial charge is 0.205 e. The van der Waals surface area contributed by atoms with E-state index in [0.29, 0.717) is 10.2 Å². The second kappa shape index (κ2) is 5.72. The average Bonchev–Trinajstić information content (AvgIpc) is 2.23. The summed E-state index contributed by atoms with van der Waals surface area (Å²) in [6.45, 7) is 0. The van der Waals surface area contributed by atoms with Crippen LogP contribution >= 0.6 is 23.4 Å². The standard InChI is InChI=1S/C9H9ClFN3S/c1-15-9(14-12)13-5-6-7(10)3-2-4-8(6)11/h2-5H,12H2,1H3/b13-5+,14-9-. The lowest BCUT2D eigenvalue weighted by molar-refractivity contribution is 0.626. The summed E-state index contributed by atoms with van der Waals surface area (Å²) in [5, 5.41) is 4.06. The van der Waals surface area contributed by atoms with Gasteiger partial charge < -0.3 is 5.84 Å². The molecule has 0 aromatic heterocycles. The number of aliphatic imine (C=N–C) groups is 1. The highest BCUT2D eigenvalue weighted by atomic mass is 35.5. The van der Waals surface area contributed by atoms with E-state index in [1.54, 1.807) is 12.3 Å². The largest absolute Gasteiger partial charge is 0.321 e. The molecule has 0 atom stereocenters. The Kier molecular flexibility index (Phi) is 4.58. The molecule has 0 aliphatic heterocycles. The van der Waals surface area contributed by atoms with E-state index in [2.05, 4.69) is 10.1 Å². The first kappa shape index (κ1) is 12.0. The number of hydrazone groups is 1. The van der Waals surface area contributed by atoms with Crippen LogP contribution in [0.4, 0.5) is 4.39 Å². The Balaban J connectivity index is 2.99. The van der Waals surface area contributed by atoms with Crippen molar-refractivity contribution >= 4 is 34.7 Å². The molecule has 0 amide bonds. The van der Waals surface area contributed by atoms with Crippen molar-refractivity contribution in [2.24, 2.45) is 15.9 Å². The number of nitrogens with zero attached hydrogens (tertiary/aromatic N) is 2. The van der Waals surface area contributed by atoms with Crippen molar-refractivity contribution in [1.82, 2.24) is 0 Å². The summed E-state index contributed by atoms with van der Waals surface area (Å²) in [4.78, 5) is 3.89. The van der Waals surface area contributed by atoms with Gasteiger partial charge in [-0.15, -0.1) is 0 Å². The van der Waals surface area contributed by atoms with E-state index in [1.165, 1.54) is 30.1 Å². The van der Waals surface area contributed by atoms with Crippen molar-refractivity contribution < 1.29 is 4.39 Å². The van der Waals surface area contributed by atoms with E-state index >= 15 is 0 Å². The second-order valence-corrected chi connectivity index (χ2v) is 3.69. The van der Waals surface area contributed by atoms with Gasteiger partial charge in [0.15, 0.2) is 0 Å². The number of thioether (sulfide) groups is 1. The quantitative estimate of drug-likeness (QED) is 0.358. The van der Waals surface area contributed by atoms with E-state index in [9.17, 15) is 4.39 Å². The van der Waals surface area contributed by atoms with Crippen LogP contribution in [0, 0.1) is 5.82 Å². The summed E-state index contributed by atoms with van der Waals surface area (Å²) < 4.78 is 13.3. The number of halogens is 2. The molecular weight excluding hydrogens is 237 g/mol. The molecule has 3 nitrogen and oxygen atoms in total. The minimum absolute atomic E-state index is 0.231. The molecule has 0 unspecified atom stereocenters. The van der Waals surface area contributed by atoms with Crippen LogP contribution in [0.15, 0.2) is 28.3 Å². The van der Waals surface area contributed by atoms with Gasteiger partial charge in [-0.1, -0.05) is 29.4 Å². The average molecular weight is 246 g/mol. The fourth-order valence-corrected chi connectivity index (χ4v) is 1.37. The Morgan fingerprint density at radius 2 is 2.33 bits per heavy atom. The maximum absolute atomic E-state index is 13.3. The van der Waals surface area contributed by atoms with Crippen LogP contribution in [0.5, 0.6) is 0 Å². The summed E-state index contributed by atoms with van der Waals surface area (Å²) in [5.41, 5.74) is 0.231. The van der Waals surface area contributed by atoms with Gasteiger partial charge in [-0.2, -0.15) is 5.10 Å². The number of amidine groups is 1. The van der Waals surface area contributed by atoms with Gasteiger partial charge in [-0.05, 0) is 18.4 Å². The van der Waals surface area contributed by atoms with Crippen LogP contribution in [0.1, 0.15) is 5.56 Å². The van der Waals surface area contributed by atoms with Gasteiger partial charge in [0.05, 0.1) is 5.02 Å². The zero-order valence-corrected chi connectivity index (χ0v) is 9.52. The highest BCUT2D eigenvalue weighted by molar-refractivity contribution is 8.13. The third-order valence-electron chi connectivity index (χ3n) is 1.60. The molecule has 80 valence electrons. The summed E-state index contributed by atoms with van der Waals surface area (Å²) >= 11 is 7.05. The van der Waals surface area contributed by atoms with E-state index in [1.807, 2.05) is 0 Å². The Labute approximate surface area is 96.2 Å². The van der Waals surface area contributed by atoms with E-state index in [0.717, 1.165) is 0 Å². The van der Waals surface area contributed by atoms with E-state index in [-0.39, 0.29) is 5.56 Å². The van der Waals surface area contributed by atoms with Crippen LogP contribution in [0.25, 0.3) is 0 Å². The maximum atomic E-state index is 13.3. The van der Waals surface area contributed by atoms with Crippen molar-refractivity contribution in [3.8, 4) is 0 Å². The van der Waals surface area contributed by atoms with Gasteiger partial charge in [-0.25, -0.2) is 9.38 Å². The first-order valence-electron chi connectivity index (χ1n) is 3.99. The Morgan fingerprint density at radius 3 is 2.87 bits per heavy atom. The van der Waals surface area contributed by atoms with Crippen molar-refractivity contribution in [3.05, 3.63) is 34.6 Å². The molecule has 0 saturated heterocycles. The van der Waals surface area contributed by atoms with E-state index < -0.39 is 5.82 Å². The lowest BCUT2D eigenvalue weighted by atomic mass is 10.2. The SMILES string of the molecule is CSC(=N\N)/N=C/c1c(F)cccc1Cl. The van der Waals surface area contributed by atoms with Gasteiger partial charge >= 0.3 is 0 Å². The molecule has 15 heavy (non-hydrogen) atoms. The summed E-state index contributed by atoms with van der Waals surface area (Å²) in [6, 6.07) is 4.43. The van der Waals surface area contributed by atoms with Gasteiger partial charge in [-0.3, -0.25) is 0 Å². The van der Waals surface area contributed by atoms with Crippen LogP contribution in [-0.2, 0) is 0 Å².